The molecule has 3 heteroatoms. The maximum Gasteiger partial charge on any atom is 0.306 e. The minimum atomic E-state index is -0.165. The number of hydrogen-bond donors (Lipinski definition) is 0. The molecule has 0 spiro atoms. The molecule has 3 nitrogen and oxygen atoms in total. The van der Waals surface area contributed by atoms with E-state index in [4.69, 9.17) is 9.47 Å². The van der Waals surface area contributed by atoms with Gasteiger partial charge in [-0.3, -0.25) is 4.79 Å². The molecule has 2 aliphatic rings. The zero-order chi connectivity index (χ0) is 18.5. The van der Waals surface area contributed by atoms with Crippen molar-refractivity contribution in [2.45, 2.75) is 89.4 Å². The number of esters is 1. The molecule has 1 saturated heterocycles. The van der Waals surface area contributed by atoms with Crippen molar-refractivity contribution in [1.29, 1.82) is 0 Å². The summed E-state index contributed by atoms with van der Waals surface area (Å²) in [5, 5.41) is 0. The van der Waals surface area contributed by atoms with Crippen molar-refractivity contribution < 1.29 is 14.3 Å². The fourth-order valence-corrected chi connectivity index (χ4v) is 3.14. The minimum Gasteiger partial charge on any atom is -0.458 e. The van der Waals surface area contributed by atoms with Crippen molar-refractivity contribution in [3.05, 3.63) is 48.6 Å². The lowest BCUT2D eigenvalue weighted by atomic mass is 10.1. The summed E-state index contributed by atoms with van der Waals surface area (Å²) in [6, 6.07) is 0. The summed E-state index contributed by atoms with van der Waals surface area (Å²) in [4.78, 5) is 11.9. The highest BCUT2D eigenvalue weighted by Gasteiger charge is 2.36. The molecule has 0 aliphatic carbocycles. The van der Waals surface area contributed by atoms with Crippen molar-refractivity contribution in [3.63, 3.8) is 0 Å². The quantitative estimate of drug-likeness (QED) is 0.180. The normalized spacial score (nSPS) is 29.9. The topological polar surface area (TPSA) is 38.8 Å². The Bertz CT molecular complexity index is 516. The SMILES string of the molecule is CCCC1OC1CCCC=CC=CC1C/C=C\CC/C=C\CCC(=O)O1. The summed E-state index contributed by atoms with van der Waals surface area (Å²) >= 11 is 0. The van der Waals surface area contributed by atoms with E-state index in [0.717, 1.165) is 38.5 Å². The number of carbonyl (C=O) groups is 1. The zero-order valence-corrected chi connectivity index (χ0v) is 16.1. The molecule has 0 N–H and O–H groups in total. The van der Waals surface area contributed by atoms with Gasteiger partial charge in [0.15, 0.2) is 0 Å². The Morgan fingerprint density at radius 3 is 2.65 bits per heavy atom. The molecule has 0 aromatic heterocycles. The van der Waals surface area contributed by atoms with Gasteiger partial charge in [0.05, 0.1) is 12.2 Å². The second-order valence-corrected chi connectivity index (χ2v) is 7.07. The van der Waals surface area contributed by atoms with Crippen molar-refractivity contribution in [1.82, 2.24) is 0 Å². The van der Waals surface area contributed by atoms with Crippen LogP contribution >= 0.6 is 0 Å². The van der Waals surface area contributed by atoms with E-state index in [-0.39, 0.29) is 12.1 Å². The molecule has 0 aromatic carbocycles. The van der Waals surface area contributed by atoms with Crippen molar-refractivity contribution in [2.75, 3.05) is 0 Å². The Hall–Kier alpha value is -1.61. The van der Waals surface area contributed by atoms with Crippen LogP contribution in [0.5, 0.6) is 0 Å². The third-order valence-corrected chi connectivity index (χ3v) is 4.69. The van der Waals surface area contributed by atoms with E-state index < -0.39 is 0 Å². The van der Waals surface area contributed by atoms with E-state index in [1.165, 1.54) is 19.3 Å². The average molecular weight is 359 g/mol. The standard InChI is InChI=1S/C23H34O3/c1-2-15-21-22(26-21)18-13-9-6-8-12-17-20-16-11-7-4-3-5-10-14-19-23(24)25-20/h5-8,10-12,17,20-22H,2-4,9,13-16,18-19H2,1H3/b8-6?,10-5-,11-7-,17-12?. The lowest BCUT2D eigenvalue weighted by Gasteiger charge is -2.12. The van der Waals surface area contributed by atoms with Crippen LogP contribution in [0.3, 0.4) is 0 Å². The first-order chi connectivity index (χ1) is 12.8. The van der Waals surface area contributed by atoms with Crippen molar-refractivity contribution >= 4 is 5.97 Å². The van der Waals surface area contributed by atoms with Gasteiger partial charge in [-0.15, -0.1) is 0 Å². The van der Waals surface area contributed by atoms with Gasteiger partial charge in [0.2, 0.25) is 0 Å². The molecule has 0 bridgehead atoms. The van der Waals surface area contributed by atoms with E-state index in [9.17, 15) is 4.79 Å². The lowest BCUT2D eigenvalue weighted by Crippen LogP contribution is -2.15. The third-order valence-electron chi connectivity index (χ3n) is 4.69. The largest absolute Gasteiger partial charge is 0.458 e. The van der Waals surface area contributed by atoms with Gasteiger partial charge >= 0.3 is 5.97 Å². The highest BCUT2D eigenvalue weighted by Crippen LogP contribution is 2.30. The van der Waals surface area contributed by atoms with Gasteiger partial charge in [-0.1, -0.05) is 55.9 Å². The first kappa shape index (κ1) is 20.7. The molecular weight excluding hydrogens is 324 g/mol. The second-order valence-electron chi connectivity index (χ2n) is 7.07. The molecule has 144 valence electrons. The number of carbonyl (C=O) groups excluding carboxylic acids is 1. The molecule has 26 heavy (non-hydrogen) atoms. The summed E-state index contributed by atoms with van der Waals surface area (Å²) in [5.74, 6) is -0.117. The number of cyclic esters (lactones) is 1. The van der Waals surface area contributed by atoms with Crippen LogP contribution < -0.4 is 0 Å². The number of hydrogen-bond acceptors (Lipinski definition) is 3. The van der Waals surface area contributed by atoms with Crippen LogP contribution in [0.2, 0.25) is 0 Å². The Balaban J connectivity index is 1.66. The molecule has 3 unspecified atom stereocenters. The van der Waals surface area contributed by atoms with Crippen LogP contribution in [0.4, 0.5) is 0 Å². The summed E-state index contributed by atoms with van der Waals surface area (Å²) < 4.78 is 11.2. The molecule has 2 aliphatic heterocycles. The molecule has 2 heterocycles. The molecule has 0 radical (unpaired) electrons. The summed E-state index contributed by atoms with van der Waals surface area (Å²) in [7, 11) is 0. The maximum atomic E-state index is 11.9. The fourth-order valence-electron chi connectivity index (χ4n) is 3.14. The van der Waals surface area contributed by atoms with Crippen LogP contribution in [0.25, 0.3) is 0 Å². The molecule has 2 rings (SSSR count). The van der Waals surface area contributed by atoms with Crippen LogP contribution in [0, 0.1) is 0 Å². The zero-order valence-electron chi connectivity index (χ0n) is 16.1. The number of unbranched alkanes of at least 4 members (excludes halogenated alkanes) is 1. The maximum absolute atomic E-state index is 11.9. The van der Waals surface area contributed by atoms with Crippen LogP contribution in [0.1, 0.15) is 71.1 Å². The Labute approximate surface area is 158 Å². The molecule has 3 atom stereocenters. The number of ether oxygens (including phenoxy) is 2. The van der Waals surface area contributed by atoms with Crippen LogP contribution in [-0.4, -0.2) is 24.3 Å². The number of allylic oxidation sites excluding steroid dienone is 6. The number of epoxide rings is 1. The van der Waals surface area contributed by atoms with Gasteiger partial charge in [0.1, 0.15) is 6.10 Å². The van der Waals surface area contributed by atoms with Crippen molar-refractivity contribution in [3.8, 4) is 0 Å². The average Bonchev–Trinajstić information content (AvgIpc) is 3.36. The first-order valence-electron chi connectivity index (χ1n) is 10.3. The summed E-state index contributed by atoms with van der Waals surface area (Å²) in [5.41, 5.74) is 0. The van der Waals surface area contributed by atoms with Crippen LogP contribution in [-0.2, 0) is 14.3 Å². The predicted octanol–water partition coefficient (Wildman–Crippen LogP) is 5.82. The Morgan fingerprint density at radius 1 is 1.04 bits per heavy atom. The van der Waals surface area contributed by atoms with Gasteiger partial charge < -0.3 is 9.47 Å². The third kappa shape index (κ3) is 9.19. The van der Waals surface area contributed by atoms with Gasteiger partial charge in [-0.25, -0.2) is 0 Å². The first-order valence-corrected chi connectivity index (χ1v) is 10.3. The number of rotatable bonds is 8. The summed E-state index contributed by atoms with van der Waals surface area (Å²) in [6.45, 7) is 2.21. The van der Waals surface area contributed by atoms with E-state index >= 15 is 0 Å². The molecule has 0 saturated carbocycles. The molecular formula is C23H34O3. The molecule has 1 fully saturated rings. The van der Waals surface area contributed by atoms with Gasteiger partial charge in [0, 0.05) is 12.8 Å². The monoisotopic (exact) mass is 358 g/mol. The van der Waals surface area contributed by atoms with Gasteiger partial charge in [0.25, 0.3) is 0 Å². The van der Waals surface area contributed by atoms with E-state index in [0.29, 0.717) is 18.6 Å². The lowest BCUT2D eigenvalue weighted by molar-refractivity contribution is -0.146. The molecule has 0 amide bonds. The van der Waals surface area contributed by atoms with E-state index in [1.54, 1.807) is 0 Å². The Kier molecular flexibility index (Phi) is 10.1. The van der Waals surface area contributed by atoms with Gasteiger partial charge in [-0.2, -0.15) is 0 Å². The predicted molar refractivity (Wildman–Crippen MR) is 107 cm³/mol. The van der Waals surface area contributed by atoms with E-state index in [2.05, 4.69) is 43.4 Å². The van der Waals surface area contributed by atoms with Crippen molar-refractivity contribution in [2.24, 2.45) is 0 Å². The molecule has 0 aromatic rings. The highest BCUT2D eigenvalue weighted by atomic mass is 16.6. The smallest absolute Gasteiger partial charge is 0.306 e. The minimum absolute atomic E-state index is 0.117. The van der Waals surface area contributed by atoms with Gasteiger partial charge in [-0.05, 0) is 51.0 Å². The highest BCUT2D eigenvalue weighted by molar-refractivity contribution is 5.69. The summed E-state index contributed by atoms with van der Waals surface area (Å²) in [6.07, 6.45) is 27.5. The second kappa shape index (κ2) is 12.7. The Morgan fingerprint density at radius 2 is 1.81 bits per heavy atom. The van der Waals surface area contributed by atoms with E-state index in [1.807, 2.05) is 12.2 Å². The van der Waals surface area contributed by atoms with Crippen LogP contribution in [0.15, 0.2) is 48.6 Å². The fraction of sp³-hybridized carbons (Fsp3) is 0.609.